The molecule has 0 radical (unpaired) electrons. The number of rotatable bonds is 3. The minimum absolute atomic E-state index is 0.0588. The Hall–Kier alpha value is -2.69. The molecule has 20 heavy (non-hydrogen) atoms. The van der Waals surface area contributed by atoms with Crippen LogP contribution in [0.3, 0.4) is 0 Å². The van der Waals surface area contributed by atoms with Gasteiger partial charge in [0.15, 0.2) is 0 Å². The van der Waals surface area contributed by atoms with Gasteiger partial charge in [-0.1, -0.05) is 0 Å². The lowest BCUT2D eigenvalue weighted by atomic mass is 9.99. The Morgan fingerprint density at radius 1 is 1.70 bits per heavy atom. The molecule has 2 rings (SSSR count). The first-order valence-corrected chi connectivity index (χ1v) is 5.96. The molecule has 1 unspecified atom stereocenters. The van der Waals surface area contributed by atoms with Gasteiger partial charge in [0.25, 0.3) is 0 Å². The van der Waals surface area contributed by atoms with Crippen LogP contribution < -0.4 is 4.90 Å². The summed E-state index contributed by atoms with van der Waals surface area (Å²) in [5.41, 5.74) is -1.81. The molecule has 0 amide bonds. The van der Waals surface area contributed by atoms with Crippen LogP contribution in [0.25, 0.3) is 0 Å². The molecule has 1 aliphatic rings. The normalized spacial score (nSPS) is 21.5. The zero-order valence-electron chi connectivity index (χ0n) is 10.7. The third kappa shape index (κ3) is 1.93. The Morgan fingerprint density at radius 3 is 2.95 bits per heavy atom. The number of carboxylic acid groups (broad SMARTS) is 1. The molecule has 1 aromatic rings. The Labute approximate surface area is 114 Å². The number of aliphatic carboxylic acids is 1. The standard InChI is InChI=1S/C12H12N4O4/c1-12(11(17)18)4-2-6-15(12)10-9(16(19)20)8(7-13)3-5-14-10/h3,5H,2,4,6H2,1H3,(H,17,18). The molecule has 1 fully saturated rings. The topological polar surface area (TPSA) is 120 Å². The summed E-state index contributed by atoms with van der Waals surface area (Å²) in [6.07, 6.45) is 2.25. The van der Waals surface area contributed by atoms with Crippen LogP contribution in [0.15, 0.2) is 12.3 Å². The van der Waals surface area contributed by atoms with E-state index in [-0.39, 0.29) is 11.4 Å². The molecule has 1 atom stereocenters. The van der Waals surface area contributed by atoms with Crippen molar-refractivity contribution in [3.8, 4) is 6.07 Å². The SMILES string of the molecule is CC1(C(=O)O)CCCN1c1nccc(C#N)c1[N+](=O)[O-]. The summed E-state index contributed by atoms with van der Waals surface area (Å²) in [6.45, 7) is 1.86. The highest BCUT2D eigenvalue weighted by molar-refractivity contribution is 5.85. The molecule has 0 aromatic carbocycles. The van der Waals surface area contributed by atoms with Crippen molar-refractivity contribution in [1.29, 1.82) is 5.26 Å². The minimum Gasteiger partial charge on any atom is -0.480 e. The molecule has 8 nitrogen and oxygen atoms in total. The second-order valence-corrected chi connectivity index (χ2v) is 4.73. The van der Waals surface area contributed by atoms with Crippen LogP contribution in [0, 0.1) is 21.4 Å². The number of nitro groups is 1. The maximum Gasteiger partial charge on any atom is 0.329 e. The van der Waals surface area contributed by atoms with E-state index in [2.05, 4.69) is 4.98 Å². The van der Waals surface area contributed by atoms with Gasteiger partial charge >= 0.3 is 11.7 Å². The van der Waals surface area contributed by atoms with E-state index in [0.717, 1.165) is 0 Å². The van der Waals surface area contributed by atoms with Gasteiger partial charge in [-0.05, 0) is 25.8 Å². The highest BCUT2D eigenvalue weighted by Gasteiger charge is 2.46. The van der Waals surface area contributed by atoms with E-state index in [1.54, 1.807) is 6.07 Å². The summed E-state index contributed by atoms with van der Waals surface area (Å²) in [7, 11) is 0. The summed E-state index contributed by atoms with van der Waals surface area (Å²) >= 11 is 0. The van der Waals surface area contributed by atoms with Gasteiger partial charge < -0.3 is 10.0 Å². The predicted molar refractivity (Wildman–Crippen MR) is 68.2 cm³/mol. The molecule has 8 heteroatoms. The van der Waals surface area contributed by atoms with Crippen LogP contribution in [-0.2, 0) is 4.79 Å². The van der Waals surface area contributed by atoms with Crippen LogP contribution in [-0.4, -0.2) is 33.1 Å². The number of hydrogen-bond donors (Lipinski definition) is 1. The van der Waals surface area contributed by atoms with Crippen LogP contribution >= 0.6 is 0 Å². The van der Waals surface area contributed by atoms with Gasteiger partial charge in [0, 0.05) is 12.7 Å². The summed E-state index contributed by atoms with van der Waals surface area (Å²) in [5, 5.41) is 29.5. The van der Waals surface area contributed by atoms with Crippen molar-refractivity contribution in [2.45, 2.75) is 25.3 Å². The lowest BCUT2D eigenvalue weighted by Crippen LogP contribution is -2.48. The van der Waals surface area contributed by atoms with Crippen LogP contribution in [0.4, 0.5) is 11.5 Å². The zero-order valence-corrected chi connectivity index (χ0v) is 10.7. The smallest absolute Gasteiger partial charge is 0.329 e. The Bertz CT molecular complexity index is 624. The van der Waals surface area contributed by atoms with Crippen LogP contribution in [0.5, 0.6) is 0 Å². The lowest BCUT2D eigenvalue weighted by Gasteiger charge is -2.31. The molecule has 0 saturated carbocycles. The van der Waals surface area contributed by atoms with Gasteiger partial charge in [-0.25, -0.2) is 9.78 Å². The van der Waals surface area contributed by atoms with Crippen molar-refractivity contribution in [2.75, 3.05) is 11.4 Å². The molecular formula is C12H12N4O4. The fourth-order valence-electron chi connectivity index (χ4n) is 2.44. The largest absolute Gasteiger partial charge is 0.480 e. The van der Waals surface area contributed by atoms with Crippen molar-refractivity contribution >= 4 is 17.5 Å². The highest BCUT2D eigenvalue weighted by Crippen LogP contribution is 2.38. The monoisotopic (exact) mass is 276 g/mol. The number of hydrogen-bond acceptors (Lipinski definition) is 6. The highest BCUT2D eigenvalue weighted by atomic mass is 16.6. The average molecular weight is 276 g/mol. The van der Waals surface area contributed by atoms with Crippen molar-refractivity contribution in [3.63, 3.8) is 0 Å². The van der Waals surface area contributed by atoms with Gasteiger partial charge in [0.1, 0.15) is 17.2 Å². The van der Waals surface area contributed by atoms with Crippen molar-refractivity contribution < 1.29 is 14.8 Å². The summed E-state index contributed by atoms with van der Waals surface area (Å²) in [5.74, 6) is -1.12. The molecule has 1 aliphatic heterocycles. The number of anilines is 1. The van der Waals surface area contributed by atoms with Gasteiger partial charge in [-0.2, -0.15) is 5.26 Å². The molecule has 0 bridgehead atoms. The molecule has 2 heterocycles. The molecular weight excluding hydrogens is 264 g/mol. The summed E-state index contributed by atoms with van der Waals surface area (Å²) in [6, 6.07) is 2.99. The third-order valence-corrected chi connectivity index (χ3v) is 3.57. The minimum atomic E-state index is -1.24. The van der Waals surface area contributed by atoms with Crippen molar-refractivity contribution in [1.82, 2.24) is 4.98 Å². The number of nitriles is 1. The van der Waals surface area contributed by atoms with E-state index in [4.69, 9.17) is 5.26 Å². The second kappa shape index (κ2) is 4.77. The third-order valence-electron chi connectivity index (χ3n) is 3.57. The first kappa shape index (κ1) is 13.7. The van der Waals surface area contributed by atoms with E-state index >= 15 is 0 Å². The molecule has 0 aliphatic carbocycles. The Morgan fingerprint density at radius 2 is 2.40 bits per heavy atom. The predicted octanol–water partition coefficient (Wildman–Crippen LogP) is 1.30. The van der Waals surface area contributed by atoms with E-state index in [0.29, 0.717) is 19.4 Å². The number of aromatic nitrogens is 1. The zero-order chi connectivity index (χ0) is 14.9. The Kier molecular flexibility index (Phi) is 3.28. The van der Waals surface area contributed by atoms with Gasteiger partial charge in [-0.15, -0.1) is 0 Å². The van der Waals surface area contributed by atoms with E-state index in [9.17, 15) is 20.0 Å². The van der Waals surface area contributed by atoms with Gasteiger partial charge in [0.05, 0.1) is 4.92 Å². The molecule has 104 valence electrons. The van der Waals surface area contributed by atoms with Gasteiger partial charge in [-0.3, -0.25) is 10.1 Å². The number of carboxylic acids is 1. The van der Waals surface area contributed by atoms with E-state index in [1.165, 1.54) is 24.1 Å². The Balaban J connectivity index is 2.62. The summed E-state index contributed by atoms with van der Waals surface area (Å²) in [4.78, 5) is 27.3. The fraction of sp³-hybridized carbons (Fsp3) is 0.417. The van der Waals surface area contributed by atoms with Crippen LogP contribution in [0.2, 0.25) is 0 Å². The van der Waals surface area contributed by atoms with Crippen molar-refractivity contribution in [2.24, 2.45) is 0 Å². The lowest BCUT2D eigenvalue weighted by molar-refractivity contribution is -0.384. The number of carbonyl (C=O) groups is 1. The van der Waals surface area contributed by atoms with Crippen molar-refractivity contribution in [3.05, 3.63) is 27.9 Å². The molecule has 1 aromatic heterocycles. The summed E-state index contributed by atoms with van der Waals surface area (Å²) < 4.78 is 0. The number of nitrogens with zero attached hydrogens (tertiary/aromatic N) is 4. The number of pyridine rings is 1. The molecule has 1 saturated heterocycles. The second-order valence-electron chi connectivity index (χ2n) is 4.73. The van der Waals surface area contributed by atoms with E-state index < -0.39 is 22.1 Å². The van der Waals surface area contributed by atoms with Gasteiger partial charge in [0.2, 0.25) is 5.82 Å². The first-order valence-electron chi connectivity index (χ1n) is 5.96. The quantitative estimate of drug-likeness (QED) is 0.652. The average Bonchev–Trinajstić information content (AvgIpc) is 2.81. The maximum atomic E-state index is 11.4. The molecule has 0 spiro atoms. The fourth-order valence-corrected chi connectivity index (χ4v) is 2.44. The van der Waals surface area contributed by atoms with E-state index in [1.807, 2.05) is 0 Å². The maximum absolute atomic E-state index is 11.4. The first-order chi connectivity index (χ1) is 9.41. The molecule has 1 N–H and O–H groups in total. The van der Waals surface area contributed by atoms with Crippen LogP contribution in [0.1, 0.15) is 25.3 Å².